The fourth-order valence-corrected chi connectivity index (χ4v) is 3.97. The van der Waals surface area contributed by atoms with Gasteiger partial charge in [-0.15, -0.1) is 0 Å². The highest BCUT2D eigenvalue weighted by Crippen LogP contribution is 2.27. The van der Waals surface area contributed by atoms with Gasteiger partial charge in [-0.3, -0.25) is 4.79 Å². The Labute approximate surface area is 110 Å². The second-order valence-corrected chi connectivity index (χ2v) is 6.84. The molecule has 19 heavy (non-hydrogen) atoms. The number of ketones is 1. The predicted molar refractivity (Wildman–Crippen MR) is 66.5 cm³/mol. The zero-order valence-corrected chi connectivity index (χ0v) is 10.9. The minimum atomic E-state index is -3.16. The standard InChI is InChI=1S/C13H12FNO3S/c14-11-3-1-9(2-4-11)12(7-15)13(16)10-5-6-19(17,18)8-10/h1-4,10,12H,5-6,8H2. The third-order valence-electron chi connectivity index (χ3n) is 3.25. The Hall–Kier alpha value is -1.74. The molecule has 100 valence electrons. The summed E-state index contributed by atoms with van der Waals surface area (Å²) in [5.74, 6) is -2.69. The van der Waals surface area contributed by atoms with Gasteiger partial charge >= 0.3 is 0 Å². The van der Waals surface area contributed by atoms with E-state index in [9.17, 15) is 17.6 Å². The number of sulfone groups is 1. The van der Waals surface area contributed by atoms with Crippen molar-refractivity contribution in [2.24, 2.45) is 5.92 Å². The van der Waals surface area contributed by atoms with Crippen LogP contribution in [0.3, 0.4) is 0 Å². The number of benzene rings is 1. The summed E-state index contributed by atoms with van der Waals surface area (Å²) in [7, 11) is -3.16. The van der Waals surface area contributed by atoms with Crippen LogP contribution in [0.2, 0.25) is 0 Å². The highest BCUT2D eigenvalue weighted by Gasteiger charge is 2.36. The molecule has 0 aliphatic carbocycles. The van der Waals surface area contributed by atoms with Crippen LogP contribution in [0.5, 0.6) is 0 Å². The van der Waals surface area contributed by atoms with Gasteiger partial charge < -0.3 is 0 Å². The molecule has 0 aromatic heterocycles. The van der Waals surface area contributed by atoms with Gasteiger partial charge in [0.2, 0.25) is 0 Å². The van der Waals surface area contributed by atoms with Crippen molar-refractivity contribution in [3.8, 4) is 6.07 Å². The van der Waals surface area contributed by atoms with E-state index in [2.05, 4.69) is 0 Å². The Balaban J connectivity index is 2.21. The minimum absolute atomic E-state index is 0.00896. The normalized spacial score (nSPS) is 22.6. The molecule has 0 N–H and O–H groups in total. The topological polar surface area (TPSA) is 75.0 Å². The lowest BCUT2D eigenvalue weighted by Gasteiger charge is -2.12. The van der Waals surface area contributed by atoms with E-state index in [1.807, 2.05) is 6.07 Å². The lowest BCUT2D eigenvalue weighted by atomic mass is 9.88. The molecule has 2 atom stereocenters. The van der Waals surface area contributed by atoms with E-state index in [1.54, 1.807) is 0 Å². The largest absolute Gasteiger partial charge is 0.297 e. The highest BCUT2D eigenvalue weighted by molar-refractivity contribution is 7.91. The minimum Gasteiger partial charge on any atom is -0.297 e. The summed E-state index contributed by atoms with van der Waals surface area (Å²) < 4.78 is 35.5. The molecule has 0 saturated carbocycles. The maximum absolute atomic E-state index is 12.8. The van der Waals surface area contributed by atoms with E-state index in [1.165, 1.54) is 24.3 Å². The molecule has 0 bridgehead atoms. The van der Waals surface area contributed by atoms with Crippen LogP contribution in [0.15, 0.2) is 24.3 Å². The molecule has 2 unspecified atom stereocenters. The smallest absolute Gasteiger partial charge is 0.158 e. The van der Waals surface area contributed by atoms with Crippen LogP contribution in [-0.4, -0.2) is 25.7 Å². The first-order valence-corrected chi connectivity index (χ1v) is 7.64. The zero-order chi connectivity index (χ0) is 14.0. The van der Waals surface area contributed by atoms with Gasteiger partial charge in [0.15, 0.2) is 15.6 Å². The van der Waals surface area contributed by atoms with E-state index < -0.39 is 33.3 Å². The van der Waals surface area contributed by atoms with E-state index in [0.717, 1.165) is 0 Å². The number of rotatable bonds is 3. The maximum atomic E-state index is 12.8. The number of halogens is 1. The first-order chi connectivity index (χ1) is 8.93. The fourth-order valence-electron chi connectivity index (χ4n) is 2.21. The summed E-state index contributed by atoms with van der Waals surface area (Å²) in [6.45, 7) is 0. The van der Waals surface area contributed by atoms with Crippen LogP contribution in [0.1, 0.15) is 17.9 Å². The third-order valence-corrected chi connectivity index (χ3v) is 5.02. The molecule has 1 aromatic rings. The number of hydrogen-bond acceptors (Lipinski definition) is 4. The summed E-state index contributed by atoms with van der Waals surface area (Å²) >= 11 is 0. The average Bonchev–Trinajstić information content (AvgIpc) is 2.73. The molecule has 0 spiro atoms. The zero-order valence-electron chi connectivity index (χ0n) is 10.0. The average molecular weight is 281 g/mol. The predicted octanol–water partition coefficient (Wildman–Crippen LogP) is 1.44. The van der Waals surface area contributed by atoms with Gasteiger partial charge in [0.05, 0.1) is 17.6 Å². The summed E-state index contributed by atoms with van der Waals surface area (Å²) in [4.78, 5) is 12.2. The van der Waals surface area contributed by atoms with Crippen molar-refractivity contribution in [3.63, 3.8) is 0 Å². The van der Waals surface area contributed by atoms with Gasteiger partial charge in [0, 0.05) is 5.92 Å². The number of nitrogens with zero attached hydrogens (tertiary/aromatic N) is 1. The van der Waals surface area contributed by atoms with Gasteiger partial charge in [0.25, 0.3) is 0 Å². The first kappa shape index (κ1) is 13.7. The monoisotopic (exact) mass is 281 g/mol. The molecule has 6 heteroatoms. The van der Waals surface area contributed by atoms with Crippen LogP contribution >= 0.6 is 0 Å². The maximum Gasteiger partial charge on any atom is 0.158 e. The fraction of sp³-hybridized carbons (Fsp3) is 0.385. The molecule has 1 aromatic carbocycles. The Kier molecular flexibility index (Phi) is 3.67. The lowest BCUT2D eigenvalue weighted by Crippen LogP contribution is -2.22. The SMILES string of the molecule is N#CC(C(=O)C1CCS(=O)(=O)C1)c1ccc(F)cc1. The quantitative estimate of drug-likeness (QED) is 0.840. The van der Waals surface area contributed by atoms with Crippen molar-refractivity contribution in [2.45, 2.75) is 12.3 Å². The summed E-state index contributed by atoms with van der Waals surface area (Å²) in [6.07, 6.45) is 0.264. The van der Waals surface area contributed by atoms with Crippen LogP contribution in [-0.2, 0) is 14.6 Å². The van der Waals surface area contributed by atoms with Crippen molar-refractivity contribution >= 4 is 15.6 Å². The highest BCUT2D eigenvalue weighted by atomic mass is 32.2. The molecule has 1 fully saturated rings. The van der Waals surface area contributed by atoms with Crippen molar-refractivity contribution in [3.05, 3.63) is 35.6 Å². The molecule has 1 heterocycles. The molecule has 2 rings (SSSR count). The molecule has 1 saturated heterocycles. The summed E-state index contributed by atoms with van der Waals surface area (Å²) in [5, 5.41) is 9.10. The van der Waals surface area contributed by atoms with Gasteiger partial charge in [-0.1, -0.05) is 12.1 Å². The van der Waals surface area contributed by atoms with Crippen LogP contribution in [0.4, 0.5) is 4.39 Å². The van der Waals surface area contributed by atoms with Crippen molar-refractivity contribution < 1.29 is 17.6 Å². The Bertz CT molecular complexity index is 631. The summed E-state index contributed by atoms with van der Waals surface area (Å²) in [5.41, 5.74) is 0.401. The van der Waals surface area contributed by atoms with Crippen LogP contribution in [0.25, 0.3) is 0 Å². The summed E-state index contributed by atoms with van der Waals surface area (Å²) in [6, 6.07) is 6.99. The van der Waals surface area contributed by atoms with E-state index in [0.29, 0.717) is 5.56 Å². The second kappa shape index (κ2) is 5.10. The van der Waals surface area contributed by atoms with Gasteiger partial charge in [0.1, 0.15) is 11.7 Å². The molecule has 1 aliphatic heterocycles. The molecular weight excluding hydrogens is 269 g/mol. The van der Waals surface area contributed by atoms with Gasteiger partial charge in [-0.2, -0.15) is 5.26 Å². The number of hydrogen-bond donors (Lipinski definition) is 0. The Morgan fingerprint density at radius 1 is 1.37 bits per heavy atom. The Morgan fingerprint density at radius 2 is 2.00 bits per heavy atom. The number of Topliss-reactive ketones (excluding diaryl/α,β-unsaturated/α-hetero) is 1. The molecule has 1 aliphatic rings. The van der Waals surface area contributed by atoms with Crippen molar-refractivity contribution in [2.75, 3.05) is 11.5 Å². The van der Waals surface area contributed by atoms with Gasteiger partial charge in [-0.25, -0.2) is 12.8 Å². The van der Waals surface area contributed by atoms with E-state index in [4.69, 9.17) is 5.26 Å². The van der Waals surface area contributed by atoms with Crippen LogP contribution in [0, 0.1) is 23.1 Å². The molecule has 4 nitrogen and oxygen atoms in total. The van der Waals surface area contributed by atoms with E-state index >= 15 is 0 Å². The molecule has 0 amide bonds. The lowest BCUT2D eigenvalue weighted by molar-refractivity contribution is -0.122. The van der Waals surface area contributed by atoms with E-state index in [-0.39, 0.29) is 17.9 Å². The van der Waals surface area contributed by atoms with Crippen molar-refractivity contribution in [1.82, 2.24) is 0 Å². The molecule has 0 radical (unpaired) electrons. The third kappa shape index (κ3) is 2.99. The first-order valence-electron chi connectivity index (χ1n) is 5.82. The number of carbonyl (C=O) groups excluding carboxylic acids is 1. The number of carbonyl (C=O) groups is 1. The van der Waals surface area contributed by atoms with Crippen LogP contribution < -0.4 is 0 Å². The van der Waals surface area contributed by atoms with Crippen molar-refractivity contribution in [1.29, 1.82) is 5.26 Å². The second-order valence-electron chi connectivity index (χ2n) is 4.62. The molecular formula is C13H12FNO3S. The Morgan fingerprint density at radius 3 is 2.47 bits per heavy atom. The van der Waals surface area contributed by atoms with Gasteiger partial charge in [-0.05, 0) is 24.1 Å². The number of nitriles is 1.